The van der Waals surface area contributed by atoms with Crippen LogP contribution in [0.2, 0.25) is 0 Å². The molecule has 220 valence electrons. The van der Waals surface area contributed by atoms with Crippen molar-refractivity contribution < 1.29 is 33.7 Å². The Bertz CT molecular complexity index is 1860. The highest BCUT2D eigenvalue weighted by Crippen LogP contribution is 2.73. The molecule has 2 aromatic rings. The Morgan fingerprint density at radius 1 is 1.26 bits per heavy atom. The minimum atomic E-state index is -1.79. The van der Waals surface area contributed by atoms with Gasteiger partial charge in [0.15, 0.2) is 17.5 Å². The van der Waals surface area contributed by atoms with E-state index in [-0.39, 0.29) is 60.8 Å². The van der Waals surface area contributed by atoms with E-state index in [0.717, 1.165) is 22.1 Å². The predicted octanol–water partition coefficient (Wildman–Crippen LogP) is 3.02. The summed E-state index contributed by atoms with van der Waals surface area (Å²) in [7, 11) is 0. The molecule has 3 saturated carbocycles. The quantitative estimate of drug-likeness (QED) is 0.469. The Morgan fingerprint density at radius 3 is 2.70 bits per heavy atom. The van der Waals surface area contributed by atoms with Crippen LogP contribution in [0.3, 0.4) is 0 Å². The van der Waals surface area contributed by atoms with E-state index in [1.165, 1.54) is 6.07 Å². The first kappa shape index (κ1) is 26.5. The van der Waals surface area contributed by atoms with Crippen LogP contribution in [0.4, 0.5) is 4.39 Å². The van der Waals surface area contributed by atoms with Gasteiger partial charge in [-0.15, -0.1) is 0 Å². The zero-order valence-corrected chi connectivity index (χ0v) is 23.9. The average Bonchev–Trinajstić information content (AvgIpc) is 3.32. The van der Waals surface area contributed by atoms with Gasteiger partial charge in [-0.05, 0) is 73.6 Å². The molecule has 10 heteroatoms. The molecule has 0 saturated heterocycles. The highest BCUT2D eigenvalue weighted by Gasteiger charge is 2.71. The minimum Gasteiger partial charge on any atom is -0.479 e. The number of carbonyl (C=O) groups is 1. The molecule has 0 unspecified atom stereocenters. The molecular formula is C33H30FN3O6. The largest absolute Gasteiger partial charge is 0.479 e. The smallest absolute Gasteiger partial charge is 0.226 e. The van der Waals surface area contributed by atoms with Crippen molar-refractivity contribution in [2.75, 3.05) is 13.2 Å². The predicted molar refractivity (Wildman–Crippen MR) is 152 cm³/mol. The maximum Gasteiger partial charge on any atom is 0.226 e. The Morgan fingerprint density at radius 2 is 2.02 bits per heavy atom. The molecule has 4 aliphatic carbocycles. The molecule has 43 heavy (non-hydrogen) atoms. The second kappa shape index (κ2) is 8.52. The Balaban J connectivity index is 1.30. The molecule has 9 nitrogen and oxygen atoms in total. The number of halogens is 1. The molecular weight excluding hydrogens is 553 g/mol. The van der Waals surface area contributed by atoms with Gasteiger partial charge in [-0.25, -0.2) is 19.0 Å². The van der Waals surface area contributed by atoms with E-state index < -0.39 is 11.0 Å². The lowest BCUT2D eigenvalue weighted by molar-refractivity contribution is -0.221. The molecule has 0 spiro atoms. The zero-order chi connectivity index (χ0) is 30.1. The highest BCUT2D eigenvalue weighted by atomic mass is 19.1. The normalized spacial score (nSPS) is 31.1. The van der Waals surface area contributed by atoms with E-state index in [9.17, 15) is 24.6 Å². The molecule has 0 radical (unpaired) electrons. The lowest BCUT2D eigenvalue weighted by Crippen LogP contribution is -2.69. The van der Waals surface area contributed by atoms with Crippen LogP contribution in [0.25, 0.3) is 16.6 Å². The Labute approximate surface area is 246 Å². The number of aliphatic hydroxyl groups excluding tert-OH is 1. The Hall–Kier alpha value is -4.07. The molecule has 1 aromatic carbocycles. The van der Waals surface area contributed by atoms with E-state index in [1.807, 2.05) is 5.94 Å². The molecule has 9 rings (SSSR count). The summed E-state index contributed by atoms with van der Waals surface area (Å²) in [6, 6.07) is 1.07. The summed E-state index contributed by atoms with van der Waals surface area (Å²) in [6.07, 6.45) is 5.05. The SMILES string of the molecule is CC[C@@]1(O)C(=C=O)OCC2=C1C=C1c3nc4cc(F)c(C)c5c4c(c3CN1C2=C=O)[C@@H](NC(=O)C12CC(CO)(C1)C2)CC5. The van der Waals surface area contributed by atoms with Gasteiger partial charge in [0, 0.05) is 34.8 Å². The van der Waals surface area contributed by atoms with Gasteiger partial charge in [-0.1, -0.05) is 6.92 Å². The number of pyridine rings is 1. The maximum absolute atomic E-state index is 15.2. The summed E-state index contributed by atoms with van der Waals surface area (Å²) in [6.45, 7) is 3.73. The van der Waals surface area contributed by atoms with Crippen LogP contribution in [0.1, 0.15) is 73.0 Å². The number of nitrogens with one attached hydrogen (secondary N) is 1. The lowest BCUT2D eigenvalue weighted by atomic mass is 9.35. The van der Waals surface area contributed by atoms with Crippen LogP contribution >= 0.6 is 0 Å². The Kier molecular flexibility index (Phi) is 5.26. The van der Waals surface area contributed by atoms with Gasteiger partial charge in [-0.2, -0.15) is 0 Å². The van der Waals surface area contributed by atoms with Gasteiger partial charge in [-0.3, -0.25) is 4.79 Å². The van der Waals surface area contributed by atoms with E-state index in [0.29, 0.717) is 65.7 Å². The summed E-state index contributed by atoms with van der Waals surface area (Å²) >= 11 is 0. The fourth-order valence-electron chi connectivity index (χ4n) is 8.72. The minimum absolute atomic E-state index is 0.0206. The average molecular weight is 584 g/mol. The fraction of sp³-hybridized carbons (Fsp3) is 0.455. The van der Waals surface area contributed by atoms with Crippen molar-refractivity contribution in [3.63, 3.8) is 0 Å². The highest BCUT2D eigenvalue weighted by molar-refractivity contribution is 5.95. The van der Waals surface area contributed by atoms with Crippen molar-refractivity contribution in [1.29, 1.82) is 0 Å². The molecule has 1 aromatic heterocycles. The number of aromatic nitrogens is 1. The molecule has 3 N–H and O–H groups in total. The van der Waals surface area contributed by atoms with Crippen molar-refractivity contribution in [2.24, 2.45) is 10.8 Å². The third-order valence-corrected chi connectivity index (χ3v) is 10.9. The second-order valence-electron chi connectivity index (χ2n) is 13.1. The van der Waals surface area contributed by atoms with Gasteiger partial charge in [0.05, 0.1) is 34.9 Å². The molecule has 4 heterocycles. The number of nitrogens with zero attached hydrogens (tertiary/aromatic N) is 2. The van der Waals surface area contributed by atoms with Crippen molar-refractivity contribution in [2.45, 2.75) is 70.6 Å². The number of aliphatic hydroxyl groups is 2. The molecule has 2 atom stereocenters. The van der Waals surface area contributed by atoms with E-state index in [4.69, 9.17) is 9.72 Å². The first-order valence-electron chi connectivity index (χ1n) is 14.8. The summed E-state index contributed by atoms with van der Waals surface area (Å²) in [5.74, 6) is 3.12. The van der Waals surface area contributed by atoms with E-state index in [1.54, 1.807) is 30.8 Å². The van der Waals surface area contributed by atoms with Gasteiger partial charge in [0.1, 0.15) is 18.1 Å². The second-order valence-corrected chi connectivity index (χ2v) is 13.1. The van der Waals surface area contributed by atoms with Gasteiger partial charge >= 0.3 is 0 Å². The monoisotopic (exact) mass is 583 g/mol. The van der Waals surface area contributed by atoms with Gasteiger partial charge < -0.3 is 25.2 Å². The first-order chi connectivity index (χ1) is 20.6. The van der Waals surface area contributed by atoms with Crippen LogP contribution in [0.15, 0.2) is 34.7 Å². The van der Waals surface area contributed by atoms with Crippen LogP contribution in [0.5, 0.6) is 0 Å². The van der Waals surface area contributed by atoms with Gasteiger partial charge in [0.25, 0.3) is 0 Å². The summed E-state index contributed by atoms with van der Waals surface area (Å²) in [5, 5.41) is 25.4. The third-order valence-electron chi connectivity index (χ3n) is 10.9. The zero-order valence-electron chi connectivity index (χ0n) is 23.9. The number of ether oxygens (including phenoxy) is 1. The summed E-state index contributed by atoms with van der Waals surface area (Å²) in [4.78, 5) is 44.5. The maximum atomic E-state index is 15.2. The third kappa shape index (κ3) is 3.19. The number of hydrogen-bond acceptors (Lipinski definition) is 8. The van der Waals surface area contributed by atoms with Gasteiger partial charge in [0.2, 0.25) is 11.7 Å². The summed E-state index contributed by atoms with van der Waals surface area (Å²) < 4.78 is 20.7. The van der Waals surface area contributed by atoms with Crippen LogP contribution < -0.4 is 5.32 Å². The summed E-state index contributed by atoms with van der Waals surface area (Å²) in [5.41, 5.74) is 3.27. The molecule has 2 bridgehead atoms. The topological polar surface area (TPSA) is 129 Å². The van der Waals surface area contributed by atoms with E-state index >= 15 is 4.39 Å². The lowest BCUT2D eigenvalue weighted by Gasteiger charge is -2.68. The van der Waals surface area contributed by atoms with Crippen molar-refractivity contribution in [3.8, 4) is 0 Å². The standard InChI is InChI=1S/C33H30FN3O6/c1-3-33(42)20-6-24-29-18(8-37(24)25(9-38)19(20)11-43-26(33)10-39)28-22(36-30(41)32-12-31(13-32,14-32)15-40)5-4-17-16(2)21(34)7-23(35-29)27(17)28/h6-7,22,40,42H,3-5,8,11-15H2,1-2H3,(H,36,41)/t22-,31?,32?,33-/m0/s1. The number of hydrogen-bond donors (Lipinski definition) is 3. The molecule has 3 fully saturated rings. The number of rotatable bonds is 4. The number of benzene rings is 1. The van der Waals surface area contributed by atoms with Crippen LogP contribution in [-0.4, -0.2) is 56.7 Å². The van der Waals surface area contributed by atoms with Crippen molar-refractivity contribution in [1.82, 2.24) is 15.2 Å². The molecule has 7 aliphatic rings. The number of aryl methyl sites for hydroxylation is 1. The van der Waals surface area contributed by atoms with Crippen LogP contribution in [-0.2, 0) is 32.1 Å². The number of fused-ring (bicyclic) bond motifs is 4. The van der Waals surface area contributed by atoms with Crippen LogP contribution in [0, 0.1) is 23.6 Å². The molecule has 1 amide bonds. The van der Waals surface area contributed by atoms with E-state index in [2.05, 4.69) is 5.32 Å². The first-order valence-corrected chi connectivity index (χ1v) is 14.8. The molecule has 3 aliphatic heterocycles. The number of carbonyl (C=O) groups excluding carboxylic acids is 3. The van der Waals surface area contributed by atoms with Crippen molar-refractivity contribution in [3.05, 3.63) is 68.5 Å². The van der Waals surface area contributed by atoms with Crippen molar-refractivity contribution >= 4 is 34.4 Å². The number of amides is 1. The fourth-order valence-corrected chi connectivity index (χ4v) is 8.72.